The maximum atomic E-state index is 11.4. The van der Waals surface area contributed by atoms with Gasteiger partial charge in [0.15, 0.2) is 5.41 Å². The van der Waals surface area contributed by atoms with E-state index in [0.29, 0.717) is 11.3 Å². The summed E-state index contributed by atoms with van der Waals surface area (Å²) in [5, 5.41) is 20.5. The molecule has 1 aliphatic rings. The second kappa shape index (κ2) is 6.03. The van der Waals surface area contributed by atoms with Crippen molar-refractivity contribution in [2.24, 2.45) is 5.41 Å². The Morgan fingerprint density at radius 2 is 1.86 bits per heavy atom. The summed E-state index contributed by atoms with van der Waals surface area (Å²) in [7, 11) is 2.80. The highest BCUT2D eigenvalue weighted by Crippen LogP contribution is 2.40. The molecule has 6 heteroatoms. The van der Waals surface area contributed by atoms with Crippen LogP contribution in [0, 0.1) is 5.41 Å². The molecule has 1 aromatic carbocycles. The Morgan fingerprint density at radius 3 is 2.41 bits per heavy atom. The Morgan fingerprint density at radius 1 is 1.18 bits per heavy atom. The molecule has 2 N–H and O–H groups in total. The van der Waals surface area contributed by atoms with E-state index >= 15 is 0 Å². The Kier molecular flexibility index (Phi) is 4.32. The van der Waals surface area contributed by atoms with Gasteiger partial charge in [-0.05, 0) is 23.8 Å². The second-order valence-electron chi connectivity index (χ2n) is 4.82. The van der Waals surface area contributed by atoms with Crippen LogP contribution in [0.4, 0.5) is 0 Å². The Balaban J connectivity index is 2.70. The van der Waals surface area contributed by atoms with Crippen LogP contribution in [-0.2, 0) is 14.3 Å². The number of hydrogen-bond acceptors (Lipinski definition) is 6. The maximum absolute atomic E-state index is 11.4. The molecule has 0 spiro atoms. The van der Waals surface area contributed by atoms with Crippen LogP contribution >= 0.6 is 0 Å². The highest BCUT2D eigenvalue weighted by atomic mass is 16.5. The zero-order chi connectivity index (χ0) is 16.3. The lowest BCUT2D eigenvalue weighted by Gasteiger charge is -2.32. The lowest BCUT2D eigenvalue weighted by Crippen LogP contribution is -2.44. The number of aliphatic hydroxyl groups excluding tert-OH is 2. The fraction of sp³-hybridized carbons (Fsp3) is 0.250. The summed E-state index contributed by atoms with van der Waals surface area (Å²) in [5.41, 5.74) is -1.36. The van der Waals surface area contributed by atoms with Crippen molar-refractivity contribution in [3.05, 3.63) is 47.4 Å². The van der Waals surface area contributed by atoms with Crippen LogP contribution < -0.4 is 4.74 Å². The first-order chi connectivity index (χ1) is 10.5. The van der Waals surface area contributed by atoms with Crippen molar-refractivity contribution in [1.29, 1.82) is 0 Å². The van der Waals surface area contributed by atoms with Gasteiger partial charge in [0.2, 0.25) is 0 Å². The zero-order valence-corrected chi connectivity index (χ0v) is 12.1. The first-order valence-corrected chi connectivity index (χ1v) is 6.48. The van der Waals surface area contributed by atoms with Gasteiger partial charge in [0.25, 0.3) is 0 Å². The van der Waals surface area contributed by atoms with E-state index in [0.717, 1.165) is 0 Å². The van der Waals surface area contributed by atoms with Crippen LogP contribution in [0.3, 0.4) is 0 Å². The number of methoxy groups -OCH3 is 2. The Labute approximate surface area is 127 Å². The van der Waals surface area contributed by atoms with Crippen molar-refractivity contribution < 1.29 is 29.3 Å². The summed E-state index contributed by atoms with van der Waals surface area (Å²) in [6.07, 6.45) is 0.236. The summed E-state index contributed by atoms with van der Waals surface area (Å²) < 4.78 is 10.2. The van der Waals surface area contributed by atoms with Gasteiger partial charge in [-0.1, -0.05) is 12.1 Å². The van der Waals surface area contributed by atoms with E-state index in [9.17, 15) is 19.8 Å². The van der Waals surface area contributed by atoms with Crippen LogP contribution in [0.25, 0.3) is 5.57 Å². The minimum Gasteiger partial charge on any atom is -0.510 e. The van der Waals surface area contributed by atoms with Gasteiger partial charge < -0.3 is 29.3 Å². The molecule has 1 unspecified atom stereocenters. The fourth-order valence-corrected chi connectivity index (χ4v) is 2.34. The molecule has 22 heavy (non-hydrogen) atoms. The lowest BCUT2D eigenvalue weighted by molar-refractivity contribution is -0.132. The van der Waals surface area contributed by atoms with Crippen molar-refractivity contribution in [3.63, 3.8) is 0 Å². The molecule has 0 aliphatic heterocycles. The standard InChI is InChI=1S/C16H16O6/c1-21-11-5-3-4-10(6-11)12-7-13(22-2)15(20)16(8-17,9-18)14(12)19/h3-9,15,19-20H,1-2H3. The summed E-state index contributed by atoms with van der Waals surface area (Å²) in [5.74, 6) is 0.0213. The number of aldehydes is 2. The highest BCUT2D eigenvalue weighted by molar-refractivity contribution is 5.96. The zero-order valence-electron chi connectivity index (χ0n) is 12.1. The van der Waals surface area contributed by atoms with Gasteiger partial charge in [-0.25, -0.2) is 0 Å². The number of carbonyl (C=O) groups is 2. The number of rotatable bonds is 5. The van der Waals surface area contributed by atoms with Crippen LogP contribution in [0.2, 0.25) is 0 Å². The molecule has 0 saturated heterocycles. The smallest absolute Gasteiger partial charge is 0.171 e. The number of ether oxygens (including phenoxy) is 2. The van der Waals surface area contributed by atoms with Gasteiger partial charge in [0, 0.05) is 5.57 Å². The van der Waals surface area contributed by atoms with Gasteiger partial charge in [-0.3, -0.25) is 0 Å². The molecule has 116 valence electrons. The van der Waals surface area contributed by atoms with Crippen LogP contribution in [0.1, 0.15) is 5.56 Å². The third-order valence-electron chi connectivity index (χ3n) is 3.68. The average Bonchev–Trinajstić information content (AvgIpc) is 2.56. The Hall–Kier alpha value is -2.60. The molecule has 0 saturated carbocycles. The van der Waals surface area contributed by atoms with Crippen LogP contribution in [-0.4, -0.2) is 43.1 Å². The highest BCUT2D eigenvalue weighted by Gasteiger charge is 2.49. The van der Waals surface area contributed by atoms with Crippen molar-refractivity contribution in [3.8, 4) is 5.75 Å². The quantitative estimate of drug-likeness (QED) is 0.628. The third-order valence-corrected chi connectivity index (χ3v) is 3.68. The first kappa shape index (κ1) is 15.8. The van der Waals surface area contributed by atoms with Gasteiger partial charge in [-0.2, -0.15) is 0 Å². The van der Waals surface area contributed by atoms with Crippen molar-refractivity contribution in [2.45, 2.75) is 6.10 Å². The fourth-order valence-electron chi connectivity index (χ4n) is 2.34. The largest absolute Gasteiger partial charge is 0.510 e. The summed E-state index contributed by atoms with van der Waals surface area (Å²) in [4.78, 5) is 22.8. The van der Waals surface area contributed by atoms with E-state index in [1.807, 2.05) is 0 Å². The molecule has 1 aliphatic carbocycles. The minimum atomic E-state index is -2.08. The summed E-state index contributed by atoms with van der Waals surface area (Å²) in [6.45, 7) is 0. The minimum absolute atomic E-state index is 0.00909. The number of benzene rings is 1. The molecule has 6 nitrogen and oxygen atoms in total. The van der Waals surface area contributed by atoms with Gasteiger partial charge in [-0.15, -0.1) is 0 Å². The number of hydrogen-bond donors (Lipinski definition) is 2. The van der Waals surface area contributed by atoms with E-state index in [-0.39, 0.29) is 23.9 Å². The molecule has 1 atom stereocenters. The molecule has 1 aromatic rings. The molecule has 2 rings (SSSR count). The Bertz CT molecular complexity index is 650. The van der Waals surface area contributed by atoms with Crippen molar-refractivity contribution in [2.75, 3.05) is 14.2 Å². The van der Waals surface area contributed by atoms with E-state index in [4.69, 9.17) is 9.47 Å². The van der Waals surface area contributed by atoms with Crippen LogP contribution in [0.15, 0.2) is 41.9 Å². The predicted molar refractivity (Wildman–Crippen MR) is 78.2 cm³/mol. The number of carbonyl (C=O) groups excluding carboxylic acids is 2. The van der Waals surface area contributed by atoms with E-state index in [1.165, 1.54) is 20.3 Å². The maximum Gasteiger partial charge on any atom is 0.171 e. The van der Waals surface area contributed by atoms with E-state index in [2.05, 4.69) is 0 Å². The van der Waals surface area contributed by atoms with Crippen molar-refractivity contribution >= 4 is 18.1 Å². The predicted octanol–water partition coefficient (Wildman–Crippen LogP) is 1.25. The number of allylic oxidation sites excluding steroid dienone is 2. The number of aliphatic hydroxyl groups is 2. The molecule has 0 fully saturated rings. The first-order valence-electron chi connectivity index (χ1n) is 6.48. The lowest BCUT2D eigenvalue weighted by atomic mass is 9.75. The molecule has 0 amide bonds. The normalized spacial score (nSPS) is 20.1. The second-order valence-corrected chi connectivity index (χ2v) is 4.82. The SMILES string of the molecule is COC1=CC(c2cccc(OC)c2)=C(O)C(C=O)(C=O)C1O. The molecule has 0 radical (unpaired) electrons. The third kappa shape index (κ3) is 2.27. The molecular formula is C16H16O6. The molecule has 0 aromatic heterocycles. The van der Waals surface area contributed by atoms with Gasteiger partial charge in [0.05, 0.1) is 14.2 Å². The van der Waals surface area contributed by atoms with Gasteiger partial charge >= 0.3 is 0 Å². The topological polar surface area (TPSA) is 93.1 Å². The molecular weight excluding hydrogens is 288 g/mol. The van der Waals surface area contributed by atoms with Gasteiger partial charge in [0.1, 0.15) is 35.9 Å². The monoisotopic (exact) mass is 304 g/mol. The van der Waals surface area contributed by atoms with Crippen LogP contribution in [0.5, 0.6) is 5.75 Å². The molecule has 0 heterocycles. The van der Waals surface area contributed by atoms with E-state index in [1.54, 1.807) is 24.3 Å². The summed E-state index contributed by atoms with van der Waals surface area (Å²) >= 11 is 0. The summed E-state index contributed by atoms with van der Waals surface area (Å²) in [6, 6.07) is 6.72. The average molecular weight is 304 g/mol. The van der Waals surface area contributed by atoms with E-state index < -0.39 is 17.3 Å². The molecule has 0 bridgehead atoms. The van der Waals surface area contributed by atoms with Crippen molar-refractivity contribution in [1.82, 2.24) is 0 Å².